The molecule has 0 amide bonds. The van der Waals surface area contributed by atoms with Crippen molar-refractivity contribution in [3.8, 4) is 0 Å². The van der Waals surface area contributed by atoms with Gasteiger partial charge in [-0.3, -0.25) is 4.68 Å². The van der Waals surface area contributed by atoms with E-state index < -0.39 is 5.54 Å². The molecular formula is C15H19BrClN3. The standard InChI is InChI=1S/C15H19BrClN3/c1-4-12-14(17)13(20(3)19-12)9-15(2,18)10-7-5-6-8-11(10)16/h5-8H,4,9,18H2,1-3H3. The Morgan fingerprint density at radius 2 is 2.05 bits per heavy atom. The zero-order valence-electron chi connectivity index (χ0n) is 12.0. The Morgan fingerprint density at radius 1 is 1.40 bits per heavy atom. The molecule has 1 unspecified atom stereocenters. The van der Waals surface area contributed by atoms with Gasteiger partial charge in [0.2, 0.25) is 0 Å². The predicted molar refractivity (Wildman–Crippen MR) is 87.0 cm³/mol. The minimum absolute atomic E-state index is 0.511. The molecule has 0 spiro atoms. The van der Waals surface area contributed by atoms with Crippen LogP contribution in [0.5, 0.6) is 0 Å². The van der Waals surface area contributed by atoms with Gasteiger partial charge in [-0.15, -0.1) is 0 Å². The zero-order chi connectivity index (χ0) is 14.9. The molecule has 108 valence electrons. The third-order valence-electron chi connectivity index (χ3n) is 3.53. The van der Waals surface area contributed by atoms with Crippen LogP contribution in [-0.4, -0.2) is 9.78 Å². The highest BCUT2D eigenvalue weighted by Gasteiger charge is 2.27. The molecule has 0 aliphatic heterocycles. The Kier molecular flexibility index (Phi) is 4.57. The zero-order valence-corrected chi connectivity index (χ0v) is 14.3. The van der Waals surface area contributed by atoms with E-state index in [0.717, 1.165) is 32.9 Å². The molecule has 20 heavy (non-hydrogen) atoms. The van der Waals surface area contributed by atoms with Crippen molar-refractivity contribution in [2.24, 2.45) is 12.8 Å². The fourth-order valence-corrected chi connectivity index (χ4v) is 3.48. The fourth-order valence-electron chi connectivity index (χ4n) is 2.38. The van der Waals surface area contributed by atoms with Gasteiger partial charge < -0.3 is 5.73 Å². The molecule has 1 aromatic carbocycles. The van der Waals surface area contributed by atoms with Crippen molar-refractivity contribution >= 4 is 27.5 Å². The van der Waals surface area contributed by atoms with Gasteiger partial charge in [0.05, 0.1) is 16.4 Å². The van der Waals surface area contributed by atoms with Crippen LogP contribution in [0.3, 0.4) is 0 Å². The summed E-state index contributed by atoms with van der Waals surface area (Å²) in [7, 11) is 1.91. The van der Waals surface area contributed by atoms with Gasteiger partial charge in [-0.2, -0.15) is 5.10 Å². The van der Waals surface area contributed by atoms with Gasteiger partial charge in [-0.1, -0.05) is 52.7 Å². The minimum Gasteiger partial charge on any atom is -0.321 e. The fraction of sp³-hybridized carbons (Fsp3) is 0.400. The van der Waals surface area contributed by atoms with Crippen LogP contribution in [0.1, 0.15) is 30.8 Å². The lowest BCUT2D eigenvalue weighted by Crippen LogP contribution is -2.36. The Balaban J connectivity index is 2.38. The largest absolute Gasteiger partial charge is 0.321 e. The second-order valence-corrected chi connectivity index (χ2v) is 6.49. The quantitative estimate of drug-likeness (QED) is 0.905. The summed E-state index contributed by atoms with van der Waals surface area (Å²) in [5, 5.41) is 5.18. The SMILES string of the molecule is CCc1nn(C)c(CC(C)(N)c2ccccc2Br)c1Cl. The summed E-state index contributed by atoms with van der Waals surface area (Å²) in [6.45, 7) is 4.06. The van der Waals surface area contributed by atoms with Crippen molar-refractivity contribution in [3.05, 3.63) is 50.7 Å². The number of nitrogens with zero attached hydrogens (tertiary/aromatic N) is 2. The summed E-state index contributed by atoms with van der Waals surface area (Å²) in [5.74, 6) is 0. The first kappa shape index (κ1) is 15.5. The summed E-state index contributed by atoms with van der Waals surface area (Å²) in [6, 6.07) is 8.02. The van der Waals surface area contributed by atoms with Crippen LogP contribution >= 0.6 is 27.5 Å². The molecule has 0 fully saturated rings. The summed E-state index contributed by atoms with van der Waals surface area (Å²) < 4.78 is 2.85. The van der Waals surface area contributed by atoms with E-state index in [4.69, 9.17) is 17.3 Å². The molecule has 1 atom stereocenters. The monoisotopic (exact) mass is 355 g/mol. The first-order chi connectivity index (χ1) is 9.36. The molecule has 0 bridgehead atoms. The van der Waals surface area contributed by atoms with E-state index >= 15 is 0 Å². The molecule has 2 aromatic rings. The molecule has 2 rings (SSSR count). The van der Waals surface area contributed by atoms with Crippen molar-refractivity contribution in [2.75, 3.05) is 0 Å². The number of halogens is 2. The maximum atomic E-state index is 6.53. The van der Waals surface area contributed by atoms with E-state index in [9.17, 15) is 0 Å². The molecule has 0 saturated carbocycles. The number of hydrogen-bond donors (Lipinski definition) is 1. The number of rotatable bonds is 4. The molecule has 5 heteroatoms. The third-order valence-corrected chi connectivity index (χ3v) is 4.65. The van der Waals surface area contributed by atoms with Gasteiger partial charge in [0.15, 0.2) is 0 Å². The topological polar surface area (TPSA) is 43.8 Å². The summed E-state index contributed by atoms with van der Waals surface area (Å²) >= 11 is 9.98. The highest BCUT2D eigenvalue weighted by Crippen LogP contribution is 2.32. The van der Waals surface area contributed by atoms with E-state index in [1.165, 1.54) is 0 Å². The highest BCUT2D eigenvalue weighted by molar-refractivity contribution is 9.10. The van der Waals surface area contributed by atoms with Crippen molar-refractivity contribution in [1.82, 2.24) is 9.78 Å². The van der Waals surface area contributed by atoms with Gasteiger partial charge in [0, 0.05) is 23.5 Å². The van der Waals surface area contributed by atoms with Gasteiger partial charge in [-0.05, 0) is 25.0 Å². The molecule has 0 aliphatic carbocycles. The van der Waals surface area contributed by atoms with Crippen LogP contribution in [0.25, 0.3) is 0 Å². The number of aromatic nitrogens is 2. The molecule has 0 radical (unpaired) electrons. The van der Waals surface area contributed by atoms with Crippen molar-refractivity contribution in [3.63, 3.8) is 0 Å². The third kappa shape index (κ3) is 2.92. The van der Waals surface area contributed by atoms with Gasteiger partial charge in [-0.25, -0.2) is 0 Å². The Bertz CT molecular complexity index is 620. The Hall–Kier alpha value is -0.840. The second-order valence-electron chi connectivity index (χ2n) is 5.26. The first-order valence-electron chi connectivity index (χ1n) is 6.61. The van der Waals surface area contributed by atoms with Crippen LogP contribution in [0.4, 0.5) is 0 Å². The second kappa shape index (κ2) is 5.88. The summed E-state index contributed by atoms with van der Waals surface area (Å²) in [4.78, 5) is 0. The van der Waals surface area contributed by atoms with E-state index in [0.29, 0.717) is 6.42 Å². The van der Waals surface area contributed by atoms with Gasteiger partial charge in [0.25, 0.3) is 0 Å². The van der Waals surface area contributed by atoms with Crippen LogP contribution in [0, 0.1) is 0 Å². The Labute approximate surface area is 133 Å². The van der Waals surface area contributed by atoms with Crippen LogP contribution < -0.4 is 5.73 Å². The number of hydrogen-bond acceptors (Lipinski definition) is 2. The van der Waals surface area contributed by atoms with Crippen molar-refractivity contribution < 1.29 is 0 Å². The van der Waals surface area contributed by atoms with Gasteiger partial charge >= 0.3 is 0 Å². The van der Waals surface area contributed by atoms with E-state index in [-0.39, 0.29) is 0 Å². The Morgan fingerprint density at radius 3 is 2.60 bits per heavy atom. The summed E-state index contributed by atoms with van der Waals surface area (Å²) in [5.41, 5.74) is 8.98. The highest BCUT2D eigenvalue weighted by atomic mass is 79.9. The predicted octanol–water partition coefficient (Wildman–Crippen LogP) is 3.82. The minimum atomic E-state index is -0.511. The maximum Gasteiger partial charge on any atom is 0.0850 e. The molecule has 0 aliphatic rings. The van der Waals surface area contributed by atoms with Crippen LogP contribution in [0.15, 0.2) is 28.7 Å². The maximum absolute atomic E-state index is 6.53. The lowest BCUT2D eigenvalue weighted by molar-refractivity contribution is 0.470. The molecule has 3 nitrogen and oxygen atoms in total. The van der Waals surface area contributed by atoms with E-state index in [1.54, 1.807) is 0 Å². The normalized spacial score (nSPS) is 14.3. The average Bonchev–Trinajstić information content (AvgIpc) is 2.66. The molecule has 1 aromatic heterocycles. The average molecular weight is 357 g/mol. The van der Waals surface area contributed by atoms with Crippen LogP contribution in [0.2, 0.25) is 5.02 Å². The molecular weight excluding hydrogens is 338 g/mol. The molecule has 0 saturated heterocycles. The van der Waals surface area contributed by atoms with E-state index in [1.807, 2.05) is 49.8 Å². The van der Waals surface area contributed by atoms with Crippen molar-refractivity contribution in [2.45, 2.75) is 32.2 Å². The number of benzene rings is 1. The number of aryl methyl sites for hydroxylation is 2. The lowest BCUT2D eigenvalue weighted by Gasteiger charge is -2.26. The smallest absolute Gasteiger partial charge is 0.0850 e. The van der Waals surface area contributed by atoms with Crippen molar-refractivity contribution in [1.29, 1.82) is 0 Å². The molecule has 2 N–H and O–H groups in total. The summed E-state index contributed by atoms with van der Waals surface area (Å²) in [6.07, 6.45) is 1.46. The van der Waals surface area contributed by atoms with Crippen LogP contribution in [-0.2, 0) is 25.4 Å². The van der Waals surface area contributed by atoms with Gasteiger partial charge in [0.1, 0.15) is 0 Å². The lowest BCUT2D eigenvalue weighted by atomic mass is 9.88. The van der Waals surface area contributed by atoms with E-state index in [2.05, 4.69) is 21.0 Å². The molecule has 1 heterocycles. The number of nitrogens with two attached hydrogens (primary N) is 1. The first-order valence-corrected chi connectivity index (χ1v) is 7.78.